The molecule has 0 radical (unpaired) electrons. The van der Waals surface area contributed by atoms with Gasteiger partial charge in [-0.2, -0.15) is 0 Å². The largest absolute Gasteiger partial charge is 0.381 e. The SMILES string of the molecule is CC(C)Cc1c(N)noc1-c1cccc2ncccc12. The van der Waals surface area contributed by atoms with Gasteiger partial charge in [-0.05, 0) is 24.5 Å². The van der Waals surface area contributed by atoms with Crippen molar-refractivity contribution in [2.24, 2.45) is 5.92 Å². The molecular formula is C16H17N3O. The van der Waals surface area contributed by atoms with Crippen LogP contribution in [0.25, 0.3) is 22.2 Å². The molecule has 0 aliphatic heterocycles. The third-order valence-corrected chi connectivity index (χ3v) is 3.32. The van der Waals surface area contributed by atoms with Crippen LogP contribution in [0.1, 0.15) is 19.4 Å². The predicted molar refractivity (Wildman–Crippen MR) is 80.2 cm³/mol. The Morgan fingerprint density at radius 1 is 1.20 bits per heavy atom. The summed E-state index contributed by atoms with van der Waals surface area (Å²) in [5, 5.41) is 4.99. The monoisotopic (exact) mass is 267 g/mol. The Kier molecular flexibility index (Phi) is 3.14. The molecule has 20 heavy (non-hydrogen) atoms. The van der Waals surface area contributed by atoms with Crippen molar-refractivity contribution in [1.82, 2.24) is 10.1 Å². The first-order chi connectivity index (χ1) is 9.66. The van der Waals surface area contributed by atoms with Gasteiger partial charge in [0, 0.05) is 22.7 Å². The van der Waals surface area contributed by atoms with E-state index in [9.17, 15) is 0 Å². The number of nitrogens with zero attached hydrogens (tertiary/aromatic N) is 2. The molecule has 0 aliphatic carbocycles. The van der Waals surface area contributed by atoms with Crippen LogP contribution in [-0.2, 0) is 6.42 Å². The van der Waals surface area contributed by atoms with Crippen molar-refractivity contribution in [3.8, 4) is 11.3 Å². The highest BCUT2D eigenvalue weighted by atomic mass is 16.5. The van der Waals surface area contributed by atoms with Gasteiger partial charge in [0.2, 0.25) is 0 Å². The summed E-state index contributed by atoms with van der Waals surface area (Å²) in [6, 6.07) is 9.94. The zero-order valence-electron chi connectivity index (χ0n) is 11.6. The van der Waals surface area contributed by atoms with E-state index in [1.165, 1.54) is 0 Å². The second-order valence-electron chi connectivity index (χ2n) is 5.35. The van der Waals surface area contributed by atoms with Crippen LogP contribution in [-0.4, -0.2) is 10.1 Å². The molecule has 0 amide bonds. The van der Waals surface area contributed by atoms with Crippen LogP contribution >= 0.6 is 0 Å². The van der Waals surface area contributed by atoms with Gasteiger partial charge in [-0.25, -0.2) is 0 Å². The summed E-state index contributed by atoms with van der Waals surface area (Å²) in [7, 11) is 0. The molecule has 1 aromatic carbocycles. The first kappa shape index (κ1) is 12.7. The maximum absolute atomic E-state index is 5.95. The number of nitrogens with two attached hydrogens (primary N) is 1. The van der Waals surface area contributed by atoms with Crippen molar-refractivity contribution in [2.45, 2.75) is 20.3 Å². The van der Waals surface area contributed by atoms with Crippen molar-refractivity contribution in [3.63, 3.8) is 0 Å². The lowest BCUT2D eigenvalue weighted by molar-refractivity contribution is 0.434. The fourth-order valence-electron chi connectivity index (χ4n) is 2.44. The summed E-state index contributed by atoms with van der Waals surface area (Å²) in [6.45, 7) is 4.31. The molecular weight excluding hydrogens is 250 g/mol. The summed E-state index contributed by atoms with van der Waals surface area (Å²) in [4.78, 5) is 4.37. The molecule has 2 aromatic heterocycles. The van der Waals surface area contributed by atoms with E-state index in [-0.39, 0.29) is 0 Å². The number of fused-ring (bicyclic) bond motifs is 1. The summed E-state index contributed by atoms with van der Waals surface area (Å²) >= 11 is 0. The van der Waals surface area contributed by atoms with Gasteiger partial charge in [-0.15, -0.1) is 0 Å². The maximum atomic E-state index is 5.95. The van der Waals surface area contributed by atoms with Gasteiger partial charge in [0.25, 0.3) is 0 Å². The van der Waals surface area contributed by atoms with Crippen LogP contribution in [0.15, 0.2) is 41.1 Å². The van der Waals surface area contributed by atoms with E-state index >= 15 is 0 Å². The lowest BCUT2D eigenvalue weighted by Crippen LogP contribution is -1.99. The summed E-state index contributed by atoms with van der Waals surface area (Å²) in [5.41, 5.74) is 8.87. The average Bonchev–Trinajstić information content (AvgIpc) is 2.79. The van der Waals surface area contributed by atoms with Crippen LogP contribution in [0.4, 0.5) is 5.82 Å². The Morgan fingerprint density at radius 2 is 2.05 bits per heavy atom. The number of rotatable bonds is 3. The molecule has 0 aliphatic rings. The van der Waals surface area contributed by atoms with Crippen LogP contribution in [0.3, 0.4) is 0 Å². The summed E-state index contributed by atoms with van der Waals surface area (Å²) in [6.07, 6.45) is 2.64. The molecule has 3 rings (SSSR count). The van der Waals surface area contributed by atoms with Gasteiger partial charge in [0.1, 0.15) is 0 Å². The predicted octanol–water partition coefficient (Wildman–Crippen LogP) is 3.67. The lowest BCUT2D eigenvalue weighted by atomic mass is 9.97. The quantitative estimate of drug-likeness (QED) is 0.786. The molecule has 3 aromatic rings. The Labute approximate surface area is 117 Å². The van der Waals surface area contributed by atoms with Gasteiger partial charge in [-0.1, -0.05) is 37.2 Å². The normalized spacial score (nSPS) is 11.3. The van der Waals surface area contributed by atoms with Crippen molar-refractivity contribution >= 4 is 16.7 Å². The van der Waals surface area contributed by atoms with E-state index in [4.69, 9.17) is 10.3 Å². The third kappa shape index (κ3) is 2.13. The van der Waals surface area contributed by atoms with Crippen LogP contribution in [0.5, 0.6) is 0 Å². The second-order valence-corrected chi connectivity index (χ2v) is 5.35. The molecule has 0 saturated carbocycles. The minimum absolute atomic E-state index is 0.481. The minimum Gasteiger partial charge on any atom is -0.381 e. The molecule has 0 saturated heterocycles. The van der Waals surface area contributed by atoms with Gasteiger partial charge in [0.15, 0.2) is 11.6 Å². The number of hydrogen-bond acceptors (Lipinski definition) is 4. The molecule has 2 heterocycles. The lowest BCUT2D eigenvalue weighted by Gasteiger charge is -2.07. The molecule has 102 valence electrons. The summed E-state index contributed by atoms with van der Waals surface area (Å²) in [5.74, 6) is 1.73. The van der Waals surface area contributed by atoms with Crippen molar-refractivity contribution in [1.29, 1.82) is 0 Å². The summed E-state index contributed by atoms with van der Waals surface area (Å²) < 4.78 is 5.49. The molecule has 0 atom stereocenters. The Bertz CT molecular complexity index is 741. The molecule has 4 heteroatoms. The van der Waals surface area contributed by atoms with Crippen LogP contribution in [0, 0.1) is 5.92 Å². The first-order valence-electron chi connectivity index (χ1n) is 6.75. The number of aromatic nitrogens is 2. The van der Waals surface area contributed by atoms with E-state index in [1.54, 1.807) is 6.20 Å². The maximum Gasteiger partial charge on any atom is 0.172 e. The number of pyridine rings is 1. The standard InChI is InChI=1S/C16H17N3O/c1-10(2)9-13-15(20-19-16(13)17)12-5-3-7-14-11(12)6-4-8-18-14/h3-8,10H,9H2,1-2H3,(H2,17,19). The molecule has 0 spiro atoms. The van der Waals surface area contributed by atoms with Gasteiger partial charge in [-0.3, -0.25) is 4.98 Å². The Hall–Kier alpha value is -2.36. The third-order valence-electron chi connectivity index (χ3n) is 3.32. The zero-order valence-corrected chi connectivity index (χ0v) is 11.6. The number of benzene rings is 1. The highest BCUT2D eigenvalue weighted by Gasteiger charge is 2.18. The Balaban J connectivity index is 2.21. The van der Waals surface area contributed by atoms with Gasteiger partial charge < -0.3 is 10.3 Å². The second kappa shape index (κ2) is 4.96. The highest BCUT2D eigenvalue weighted by molar-refractivity contribution is 5.94. The van der Waals surface area contributed by atoms with E-state index in [2.05, 4.69) is 24.0 Å². The number of anilines is 1. The van der Waals surface area contributed by atoms with Gasteiger partial charge >= 0.3 is 0 Å². The highest BCUT2D eigenvalue weighted by Crippen LogP contribution is 2.33. The van der Waals surface area contributed by atoms with E-state index in [1.807, 2.05) is 30.3 Å². The zero-order chi connectivity index (χ0) is 14.1. The van der Waals surface area contributed by atoms with Crippen LogP contribution < -0.4 is 5.73 Å². The van der Waals surface area contributed by atoms with Crippen molar-refractivity contribution in [2.75, 3.05) is 5.73 Å². The molecule has 0 unspecified atom stereocenters. The van der Waals surface area contributed by atoms with Gasteiger partial charge in [0.05, 0.1) is 5.52 Å². The molecule has 4 nitrogen and oxygen atoms in total. The van der Waals surface area contributed by atoms with Crippen molar-refractivity contribution < 1.29 is 4.52 Å². The molecule has 0 fully saturated rings. The topological polar surface area (TPSA) is 64.9 Å². The van der Waals surface area contributed by atoms with E-state index < -0.39 is 0 Å². The number of nitrogen functional groups attached to an aromatic ring is 1. The Morgan fingerprint density at radius 3 is 2.85 bits per heavy atom. The fraction of sp³-hybridized carbons (Fsp3) is 0.250. The number of hydrogen-bond donors (Lipinski definition) is 1. The fourth-order valence-corrected chi connectivity index (χ4v) is 2.44. The first-order valence-corrected chi connectivity index (χ1v) is 6.75. The van der Waals surface area contributed by atoms with E-state index in [0.717, 1.165) is 34.2 Å². The average molecular weight is 267 g/mol. The van der Waals surface area contributed by atoms with Crippen LogP contribution in [0.2, 0.25) is 0 Å². The smallest absolute Gasteiger partial charge is 0.172 e. The van der Waals surface area contributed by atoms with Crippen molar-refractivity contribution in [3.05, 3.63) is 42.1 Å². The van der Waals surface area contributed by atoms with E-state index in [0.29, 0.717) is 11.7 Å². The molecule has 0 bridgehead atoms. The minimum atomic E-state index is 0.481. The molecule has 2 N–H and O–H groups in total.